The molecular weight excluding hydrogens is 286 g/mol. The Morgan fingerprint density at radius 1 is 1.29 bits per heavy atom. The number of ether oxygens (including phenoxy) is 1. The molecule has 3 aromatic rings. The van der Waals surface area contributed by atoms with E-state index in [0.29, 0.717) is 0 Å². The van der Waals surface area contributed by atoms with Gasteiger partial charge in [0.15, 0.2) is 0 Å². The molecule has 0 saturated heterocycles. The number of rotatable bonds is 3. The van der Waals surface area contributed by atoms with Gasteiger partial charge in [0.2, 0.25) is 0 Å². The number of fused-ring (bicyclic) bond motifs is 1. The van der Waals surface area contributed by atoms with Crippen molar-refractivity contribution in [3.8, 4) is 11.4 Å². The molecule has 0 spiro atoms. The van der Waals surface area contributed by atoms with Crippen molar-refractivity contribution in [2.75, 3.05) is 7.11 Å². The Hall–Kier alpha value is -2.07. The Morgan fingerprint density at radius 3 is 2.76 bits per heavy atom. The van der Waals surface area contributed by atoms with Crippen LogP contribution in [0.25, 0.3) is 16.7 Å². The first-order chi connectivity index (χ1) is 10.1. The Morgan fingerprint density at radius 2 is 2.10 bits per heavy atom. The van der Waals surface area contributed by atoms with Crippen molar-refractivity contribution in [2.45, 2.75) is 19.2 Å². The second-order valence-corrected chi connectivity index (χ2v) is 5.59. The van der Waals surface area contributed by atoms with Gasteiger partial charge in [0.1, 0.15) is 17.1 Å². The van der Waals surface area contributed by atoms with Gasteiger partial charge in [0.05, 0.1) is 29.9 Å². The number of methoxy groups -OCH3 is 1. The molecule has 3 rings (SSSR count). The lowest BCUT2D eigenvalue weighted by Crippen LogP contribution is -2.04. The average molecular weight is 302 g/mol. The van der Waals surface area contributed by atoms with E-state index in [4.69, 9.17) is 16.3 Å². The van der Waals surface area contributed by atoms with E-state index in [-0.39, 0.29) is 5.38 Å². The van der Waals surface area contributed by atoms with Gasteiger partial charge in [-0.05, 0) is 43.7 Å². The van der Waals surface area contributed by atoms with Crippen molar-refractivity contribution in [1.82, 2.24) is 14.5 Å². The Kier molecular flexibility index (Phi) is 3.55. The molecule has 0 N–H and O–H groups in total. The number of aromatic nitrogens is 3. The van der Waals surface area contributed by atoms with Gasteiger partial charge in [0.25, 0.3) is 0 Å². The number of aryl methyl sites for hydroxylation is 1. The highest BCUT2D eigenvalue weighted by molar-refractivity contribution is 6.20. The Bertz CT molecular complexity index is 795. The molecular formula is C16H16ClN3O. The summed E-state index contributed by atoms with van der Waals surface area (Å²) in [4.78, 5) is 8.74. The van der Waals surface area contributed by atoms with Crippen molar-refractivity contribution in [2.24, 2.45) is 0 Å². The summed E-state index contributed by atoms with van der Waals surface area (Å²) in [5, 5.41) is -0.195. The molecule has 0 aliphatic heterocycles. The minimum Gasteiger partial charge on any atom is -0.497 e. The number of pyridine rings is 1. The highest BCUT2D eigenvalue weighted by Crippen LogP contribution is 2.30. The SMILES string of the molecule is COc1ccc(-n2c(C(C)Cl)nc3cnccc32)c(C)c1. The molecule has 2 heterocycles. The summed E-state index contributed by atoms with van der Waals surface area (Å²) in [6.07, 6.45) is 3.52. The number of alkyl halides is 1. The third-order valence-corrected chi connectivity index (χ3v) is 3.68. The molecule has 0 radical (unpaired) electrons. The standard InChI is InChI=1S/C16H16ClN3O/c1-10-8-12(21-3)4-5-14(10)20-15-6-7-18-9-13(15)19-16(20)11(2)17/h4-9,11H,1-3H3. The molecule has 1 atom stereocenters. The second-order valence-electron chi connectivity index (χ2n) is 4.94. The number of benzene rings is 1. The van der Waals surface area contributed by atoms with Crippen LogP contribution in [0.2, 0.25) is 0 Å². The number of imidazole rings is 1. The van der Waals surface area contributed by atoms with Crippen molar-refractivity contribution >= 4 is 22.6 Å². The molecule has 21 heavy (non-hydrogen) atoms. The fourth-order valence-electron chi connectivity index (χ4n) is 2.48. The van der Waals surface area contributed by atoms with Crippen LogP contribution in [-0.2, 0) is 0 Å². The van der Waals surface area contributed by atoms with E-state index in [2.05, 4.69) is 14.5 Å². The Balaban J connectivity index is 2.30. The van der Waals surface area contributed by atoms with Gasteiger partial charge in [-0.3, -0.25) is 9.55 Å². The fraction of sp³-hybridized carbons (Fsp3) is 0.250. The van der Waals surface area contributed by atoms with Crippen molar-refractivity contribution < 1.29 is 4.74 Å². The third-order valence-electron chi connectivity index (χ3n) is 3.48. The number of hydrogen-bond donors (Lipinski definition) is 0. The predicted molar refractivity (Wildman–Crippen MR) is 84.4 cm³/mol. The highest BCUT2D eigenvalue weighted by atomic mass is 35.5. The minimum absolute atomic E-state index is 0.195. The molecule has 5 heteroatoms. The second kappa shape index (κ2) is 5.37. The van der Waals surface area contributed by atoms with E-state index < -0.39 is 0 Å². The van der Waals surface area contributed by atoms with Crippen LogP contribution in [0, 0.1) is 6.92 Å². The lowest BCUT2D eigenvalue weighted by atomic mass is 10.1. The summed E-state index contributed by atoms with van der Waals surface area (Å²) in [6.45, 7) is 3.97. The van der Waals surface area contributed by atoms with Crippen molar-refractivity contribution in [3.63, 3.8) is 0 Å². The van der Waals surface area contributed by atoms with Crippen LogP contribution in [0.4, 0.5) is 0 Å². The van der Waals surface area contributed by atoms with Crippen LogP contribution in [0.3, 0.4) is 0 Å². The maximum Gasteiger partial charge on any atom is 0.132 e. The monoisotopic (exact) mass is 301 g/mol. The molecule has 2 aromatic heterocycles. The first kappa shape index (κ1) is 13.9. The van der Waals surface area contributed by atoms with Gasteiger partial charge >= 0.3 is 0 Å². The van der Waals surface area contributed by atoms with Crippen molar-refractivity contribution in [3.05, 3.63) is 48.0 Å². The lowest BCUT2D eigenvalue weighted by Gasteiger charge is -2.14. The zero-order valence-electron chi connectivity index (χ0n) is 12.2. The van der Waals surface area contributed by atoms with Gasteiger partial charge in [0, 0.05) is 6.20 Å². The molecule has 1 unspecified atom stereocenters. The largest absolute Gasteiger partial charge is 0.497 e. The zero-order chi connectivity index (χ0) is 15.0. The molecule has 0 fully saturated rings. The number of nitrogens with zero attached hydrogens (tertiary/aromatic N) is 3. The average Bonchev–Trinajstić information content (AvgIpc) is 2.86. The maximum atomic E-state index is 6.31. The summed E-state index contributed by atoms with van der Waals surface area (Å²) in [5.74, 6) is 1.65. The topological polar surface area (TPSA) is 39.9 Å². The summed E-state index contributed by atoms with van der Waals surface area (Å²) in [6, 6.07) is 7.93. The normalized spacial score (nSPS) is 12.6. The van der Waals surface area contributed by atoms with Gasteiger partial charge in [-0.25, -0.2) is 4.98 Å². The summed E-state index contributed by atoms with van der Waals surface area (Å²) >= 11 is 6.31. The molecule has 0 saturated carbocycles. The van der Waals surface area contributed by atoms with E-state index in [1.165, 1.54) is 0 Å². The fourth-order valence-corrected chi connectivity index (χ4v) is 2.62. The molecule has 0 aliphatic carbocycles. The highest BCUT2D eigenvalue weighted by Gasteiger charge is 2.17. The smallest absolute Gasteiger partial charge is 0.132 e. The van der Waals surface area contributed by atoms with E-state index in [9.17, 15) is 0 Å². The van der Waals surface area contributed by atoms with Crippen LogP contribution in [0.1, 0.15) is 23.7 Å². The lowest BCUT2D eigenvalue weighted by molar-refractivity contribution is 0.414. The molecule has 0 aliphatic rings. The molecule has 0 bridgehead atoms. The van der Waals surface area contributed by atoms with Crippen LogP contribution in [0.15, 0.2) is 36.7 Å². The van der Waals surface area contributed by atoms with Crippen molar-refractivity contribution in [1.29, 1.82) is 0 Å². The van der Waals surface area contributed by atoms with Crippen LogP contribution in [0.5, 0.6) is 5.75 Å². The quantitative estimate of drug-likeness (QED) is 0.686. The molecule has 4 nitrogen and oxygen atoms in total. The van der Waals surface area contributed by atoms with Gasteiger partial charge in [-0.15, -0.1) is 11.6 Å². The number of hydrogen-bond acceptors (Lipinski definition) is 3. The summed E-state index contributed by atoms with van der Waals surface area (Å²) < 4.78 is 7.36. The molecule has 108 valence electrons. The van der Waals surface area contributed by atoms with Gasteiger partial charge < -0.3 is 4.74 Å². The van der Waals surface area contributed by atoms with Crippen LogP contribution in [-0.4, -0.2) is 21.6 Å². The minimum atomic E-state index is -0.195. The van der Waals surface area contributed by atoms with Crippen LogP contribution >= 0.6 is 11.6 Å². The molecule has 0 amide bonds. The zero-order valence-corrected chi connectivity index (χ0v) is 12.9. The first-order valence-corrected chi connectivity index (χ1v) is 7.17. The third kappa shape index (κ3) is 2.36. The van der Waals surface area contributed by atoms with Crippen LogP contribution < -0.4 is 4.74 Å². The molecule has 1 aromatic carbocycles. The maximum absolute atomic E-state index is 6.31. The summed E-state index contributed by atoms with van der Waals surface area (Å²) in [7, 11) is 1.67. The summed E-state index contributed by atoms with van der Waals surface area (Å²) in [5.41, 5.74) is 3.99. The van der Waals surface area contributed by atoms with E-state index >= 15 is 0 Å². The Labute approximate surface area is 128 Å². The number of halogens is 1. The first-order valence-electron chi connectivity index (χ1n) is 6.73. The van der Waals surface area contributed by atoms with Gasteiger partial charge in [-0.1, -0.05) is 0 Å². The van der Waals surface area contributed by atoms with Gasteiger partial charge in [-0.2, -0.15) is 0 Å². The predicted octanol–water partition coefficient (Wildman–Crippen LogP) is 4.04. The van der Waals surface area contributed by atoms with E-state index in [1.54, 1.807) is 19.5 Å². The van der Waals surface area contributed by atoms with E-state index in [0.717, 1.165) is 33.9 Å². The van der Waals surface area contributed by atoms with E-state index in [1.807, 2.05) is 38.1 Å².